The number of aromatic nitrogens is 8. The molecule has 172 valence electrons. The minimum Gasteiger partial charge on any atom is -0.314 e. The number of rotatable bonds is 0. The molecule has 0 fully saturated rings. The molecule has 8 bridgehead atoms. The van der Waals surface area contributed by atoms with Crippen LogP contribution in [-0.4, -0.2) is 68.1 Å². The lowest BCUT2D eigenvalue weighted by molar-refractivity contribution is 0.612. The zero-order valence-corrected chi connectivity index (χ0v) is 19.3. The van der Waals surface area contributed by atoms with Crippen molar-refractivity contribution in [2.45, 2.75) is 0 Å². The first-order chi connectivity index (χ1) is 16.4. The molecule has 0 N–H and O–H groups in total. The van der Waals surface area contributed by atoms with E-state index >= 15 is 4.39 Å². The van der Waals surface area contributed by atoms with E-state index in [1.807, 2.05) is 0 Å². The highest BCUT2D eigenvalue weighted by Crippen LogP contribution is 2.38. The summed E-state index contributed by atoms with van der Waals surface area (Å²) in [6, 6.07) is 3.47. The second kappa shape index (κ2) is 8.26. The molecule has 5 rings (SSSR count). The summed E-state index contributed by atoms with van der Waals surface area (Å²) in [5.74, 6) is 1.99. The van der Waals surface area contributed by atoms with Crippen molar-refractivity contribution >= 4 is 58.1 Å². The number of halogens is 2. The number of fused-ring (bicyclic) bond motifs is 8. The second-order valence-corrected chi connectivity index (χ2v) is 7.75. The molecule has 0 amide bonds. The number of anilines is 8. The Hall–Kier alpha value is -4.26. The van der Waals surface area contributed by atoms with Crippen molar-refractivity contribution in [3.05, 3.63) is 48.3 Å². The number of nitrogens with zero attached hydrogens (tertiary/aromatic N) is 12. The fourth-order valence-corrected chi connectivity index (χ4v) is 3.83. The van der Waals surface area contributed by atoms with E-state index in [4.69, 9.17) is 11.6 Å². The predicted molar refractivity (Wildman–Crippen MR) is 125 cm³/mol. The second-order valence-electron chi connectivity index (χ2n) is 7.37. The fourth-order valence-electron chi connectivity index (χ4n) is 3.48. The normalized spacial score (nSPS) is 13.4. The van der Waals surface area contributed by atoms with Gasteiger partial charge in [0, 0.05) is 40.3 Å². The van der Waals surface area contributed by atoms with Gasteiger partial charge in [-0.25, -0.2) is 39.9 Å². The van der Waals surface area contributed by atoms with E-state index < -0.39 is 5.82 Å². The Balaban J connectivity index is 1.78. The lowest BCUT2D eigenvalue weighted by Crippen LogP contribution is -2.22. The largest absolute Gasteiger partial charge is 0.314 e. The van der Waals surface area contributed by atoms with E-state index in [0.717, 1.165) is 0 Å². The summed E-state index contributed by atoms with van der Waals surface area (Å²) in [5.41, 5.74) is 0. The van der Waals surface area contributed by atoms with Crippen LogP contribution >= 0.6 is 11.6 Å². The molecule has 0 spiro atoms. The van der Waals surface area contributed by atoms with Crippen molar-refractivity contribution in [3.8, 4) is 0 Å². The van der Waals surface area contributed by atoms with Crippen molar-refractivity contribution in [2.24, 2.45) is 0 Å². The summed E-state index contributed by atoms with van der Waals surface area (Å²) in [4.78, 5) is 40.5. The zero-order chi connectivity index (χ0) is 24.0. The standard InChI is InChI=1S/C20H18ClFN12/c1-31-11-5-13(25-7-23-11)32(2)17-15(21)18(28-9-27-17)34(4)20-16(22)19(29-10-30-20)33(3)14-6-12(31)24-8-26-14/h5-10H,1-4H3. The number of hydrogen-bond acceptors (Lipinski definition) is 12. The minimum atomic E-state index is -0.675. The SMILES string of the molecule is CN1c2cc(ncn2)N(C)c2ncnc(c2F)N(C)c2ncnc(c2Cl)N(C)c2cc1ncn2. The molecule has 1 aliphatic rings. The molecular formula is C20H18ClFN12. The van der Waals surface area contributed by atoms with Gasteiger partial charge in [0.25, 0.3) is 0 Å². The van der Waals surface area contributed by atoms with Gasteiger partial charge in [-0.1, -0.05) is 11.6 Å². The average molecular weight is 481 g/mol. The summed E-state index contributed by atoms with van der Waals surface area (Å²) in [6.07, 6.45) is 5.43. The van der Waals surface area contributed by atoms with E-state index in [1.165, 1.54) is 35.1 Å². The molecule has 5 heterocycles. The van der Waals surface area contributed by atoms with Gasteiger partial charge in [-0.2, -0.15) is 4.39 Å². The molecule has 1 aliphatic heterocycles. The van der Waals surface area contributed by atoms with Gasteiger partial charge in [0.2, 0.25) is 5.82 Å². The Labute approximate surface area is 198 Å². The maximum absolute atomic E-state index is 15.7. The number of hydrogen-bond donors (Lipinski definition) is 0. The van der Waals surface area contributed by atoms with Gasteiger partial charge >= 0.3 is 0 Å². The van der Waals surface area contributed by atoms with Crippen LogP contribution in [0.15, 0.2) is 37.4 Å². The van der Waals surface area contributed by atoms with Gasteiger partial charge in [0.05, 0.1) is 0 Å². The zero-order valence-electron chi connectivity index (χ0n) is 18.6. The van der Waals surface area contributed by atoms with Crippen molar-refractivity contribution in [1.29, 1.82) is 0 Å². The Morgan fingerprint density at radius 3 is 1.41 bits per heavy atom. The molecule has 0 aromatic carbocycles. The van der Waals surface area contributed by atoms with Gasteiger partial charge in [-0.15, -0.1) is 0 Å². The van der Waals surface area contributed by atoms with Crippen molar-refractivity contribution in [2.75, 3.05) is 47.8 Å². The van der Waals surface area contributed by atoms with E-state index in [9.17, 15) is 0 Å². The third-order valence-corrected chi connectivity index (χ3v) is 5.77. The fraction of sp³-hybridized carbons (Fsp3) is 0.200. The Kier molecular flexibility index (Phi) is 5.24. The summed E-state index contributed by atoms with van der Waals surface area (Å²) in [5, 5.41) is 0.189. The van der Waals surface area contributed by atoms with Crippen LogP contribution in [-0.2, 0) is 0 Å². The summed E-state index contributed by atoms with van der Waals surface area (Å²) in [6.45, 7) is 0. The maximum atomic E-state index is 15.7. The van der Waals surface area contributed by atoms with Gasteiger partial charge in [-0.3, -0.25) is 0 Å². The first-order valence-electron chi connectivity index (χ1n) is 9.96. The van der Waals surface area contributed by atoms with Crippen LogP contribution in [0.5, 0.6) is 0 Å². The van der Waals surface area contributed by atoms with Crippen molar-refractivity contribution in [1.82, 2.24) is 39.9 Å². The first-order valence-corrected chi connectivity index (χ1v) is 10.3. The molecule has 0 radical (unpaired) electrons. The Morgan fingerprint density at radius 1 is 0.529 bits per heavy atom. The van der Waals surface area contributed by atoms with E-state index in [0.29, 0.717) is 29.1 Å². The summed E-state index contributed by atoms with van der Waals surface area (Å²) >= 11 is 6.69. The molecule has 14 heteroatoms. The topological polar surface area (TPSA) is 116 Å². The Morgan fingerprint density at radius 2 is 0.882 bits per heavy atom. The highest BCUT2D eigenvalue weighted by Gasteiger charge is 2.25. The molecule has 4 aromatic rings. The lowest BCUT2D eigenvalue weighted by atomic mass is 10.3. The molecule has 12 nitrogen and oxygen atoms in total. The van der Waals surface area contributed by atoms with Crippen LogP contribution in [0.25, 0.3) is 0 Å². The monoisotopic (exact) mass is 480 g/mol. The molecule has 4 aromatic heterocycles. The van der Waals surface area contributed by atoms with Crippen LogP contribution in [0.1, 0.15) is 0 Å². The summed E-state index contributed by atoms with van der Waals surface area (Å²) in [7, 11) is 6.82. The van der Waals surface area contributed by atoms with Crippen LogP contribution in [0.3, 0.4) is 0 Å². The van der Waals surface area contributed by atoms with Gasteiger partial charge in [0.1, 0.15) is 53.6 Å². The third kappa shape index (κ3) is 3.46. The van der Waals surface area contributed by atoms with Gasteiger partial charge in [0.15, 0.2) is 23.3 Å². The van der Waals surface area contributed by atoms with E-state index in [-0.39, 0.29) is 22.5 Å². The third-order valence-electron chi connectivity index (χ3n) is 5.43. The molecule has 0 unspecified atom stereocenters. The molecule has 34 heavy (non-hydrogen) atoms. The average Bonchev–Trinajstić information content (AvgIpc) is 2.87. The summed E-state index contributed by atoms with van der Waals surface area (Å²) < 4.78 is 15.7. The van der Waals surface area contributed by atoms with Crippen LogP contribution in [0.4, 0.5) is 50.9 Å². The molecule has 0 saturated carbocycles. The minimum absolute atomic E-state index is 0.0167. The van der Waals surface area contributed by atoms with E-state index in [1.54, 1.807) is 50.1 Å². The maximum Gasteiger partial charge on any atom is 0.208 e. The van der Waals surface area contributed by atoms with Crippen molar-refractivity contribution in [3.63, 3.8) is 0 Å². The highest BCUT2D eigenvalue weighted by atomic mass is 35.5. The van der Waals surface area contributed by atoms with Crippen LogP contribution in [0, 0.1) is 5.82 Å². The highest BCUT2D eigenvalue weighted by molar-refractivity contribution is 6.35. The van der Waals surface area contributed by atoms with Gasteiger partial charge in [-0.05, 0) is 0 Å². The van der Waals surface area contributed by atoms with Crippen LogP contribution in [0.2, 0.25) is 5.02 Å². The lowest BCUT2D eigenvalue weighted by Gasteiger charge is -2.26. The van der Waals surface area contributed by atoms with Gasteiger partial charge < -0.3 is 19.6 Å². The molecule has 0 saturated heterocycles. The molecule has 0 aliphatic carbocycles. The Bertz CT molecular complexity index is 1280. The van der Waals surface area contributed by atoms with Crippen molar-refractivity contribution < 1.29 is 4.39 Å². The van der Waals surface area contributed by atoms with E-state index in [2.05, 4.69) is 39.9 Å². The molecular weight excluding hydrogens is 463 g/mol. The quantitative estimate of drug-likeness (QED) is 0.368. The molecule has 0 atom stereocenters. The predicted octanol–water partition coefficient (Wildman–Crippen LogP) is 3.02. The van der Waals surface area contributed by atoms with Crippen LogP contribution < -0.4 is 19.6 Å². The first kappa shape index (κ1) is 21.6. The smallest absolute Gasteiger partial charge is 0.208 e.